The van der Waals surface area contributed by atoms with Gasteiger partial charge >= 0.3 is 0 Å². The zero-order chi connectivity index (χ0) is 14.1. The number of benzene rings is 1. The van der Waals surface area contributed by atoms with Crippen molar-refractivity contribution in [1.29, 1.82) is 0 Å². The molecule has 0 aromatic heterocycles. The topological polar surface area (TPSA) is 17.1 Å². The van der Waals surface area contributed by atoms with Gasteiger partial charge in [-0.25, -0.2) is 0 Å². The van der Waals surface area contributed by atoms with Gasteiger partial charge in [0.2, 0.25) is 0 Å². The van der Waals surface area contributed by atoms with Crippen LogP contribution in [0.4, 0.5) is 0 Å². The zero-order valence-corrected chi connectivity index (χ0v) is 13.1. The van der Waals surface area contributed by atoms with Crippen LogP contribution in [0.5, 0.6) is 0 Å². The molecular formula is C16H22Cl2O. The Labute approximate surface area is 126 Å². The van der Waals surface area contributed by atoms with Crippen molar-refractivity contribution in [2.24, 2.45) is 0 Å². The highest BCUT2D eigenvalue weighted by Crippen LogP contribution is 2.21. The molecule has 0 radical (unpaired) electrons. The monoisotopic (exact) mass is 300 g/mol. The van der Waals surface area contributed by atoms with Crippen molar-refractivity contribution in [2.75, 3.05) is 0 Å². The van der Waals surface area contributed by atoms with E-state index in [0.717, 1.165) is 18.4 Å². The molecule has 0 fully saturated rings. The summed E-state index contributed by atoms with van der Waals surface area (Å²) in [6.07, 6.45) is 8.25. The molecule has 0 atom stereocenters. The Morgan fingerprint density at radius 3 is 2.47 bits per heavy atom. The number of halogens is 2. The van der Waals surface area contributed by atoms with Gasteiger partial charge in [-0.1, -0.05) is 62.2 Å². The third-order valence-electron chi connectivity index (χ3n) is 3.20. The van der Waals surface area contributed by atoms with E-state index in [1.807, 2.05) is 0 Å². The Morgan fingerprint density at radius 1 is 1.05 bits per heavy atom. The number of carbonyl (C=O) groups is 1. The van der Waals surface area contributed by atoms with Gasteiger partial charge < -0.3 is 0 Å². The summed E-state index contributed by atoms with van der Waals surface area (Å²) in [7, 11) is 0. The van der Waals surface area contributed by atoms with Crippen LogP contribution in [0.3, 0.4) is 0 Å². The number of ketones is 1. The summed E-state index contributed by atoms with van der Waals surface area (Å²) < 4.78 is 0. The quantitative estimate of drug-likeness (QED) is 0.522. The van der Waals surface area contributed by atoms with E-state index in [0.29, 0.717) is 22.9 Å². The highest BCUT2D eigenvalue weighted by Gasteiger charge is 2.07. The molecule has 0 aliphatic rings. The molecule has 0 saturated heterocycles. The molecule has 106 valence electrons. The van der Waals surface area contributed by atoms with E-state index in [2.05, 4.69) is 6.92 Å². The molecule has 0 unspecified atom stereocenters. The van der Waals surface area contributed by atoms with Crippen molar-refractivity contribution < 1.29 is 4.79 Å². The summed E-state index contributed by atoms with van der Waals surface area (Å²) in [5, 5.41) is 1.26. The molecule has 3 heteroatoms. The molecule has 1 aromatic rings. The molecule has 1 rings (SSSR count). The second-order valence-electron chi connectivity index (χ2n) is 4.97. The lowest BCUT2D eigenvalue weighted by atomic mass is 10.0. The van der Waals surface area contributed by atoms with Gasteiger partial charge in [-0.3, -0.25) is 4.79 Å². The molecule has 0 aliphatic heterocycles. The third kappa shape index (κ3) is 6.98. The van der Waals surface area contributed by atoms with Crippen molar-refractivity contribution in [3.05, 3.63) is 33.8 Å². The van der Waals surface area contributed by atoms with Crippen LogP contribution in [-0.2, 0) is 11.2 Å². The van der Waals surface area contributed by atoms with E-state index in [-0.39, 0.29) is 5.78 Å². The van der Waals surface area contributed by atoms with Crippen LogP contribution in [0.2, 0.25) is 10.0 Å². The van der Waals surface area contributed by atoms with Crippen molar-refractivity contribution in [2.45, 2.75) is 58.3 Å². The first-order valence-electron chi connectivity index (χ1n) is 7.09. The Hall–Kier alpha value is -0.530. The lowest BCUT2D eigenvalue weighted by Gasteiger charge is -2.05. The number of hydrogen-bond acceptors (Lipinski definition) is 1. The second kappa shape index (κ2) is 9.39. The number of Topliss-reactive ketones (excluding diaryl/α,β-unsaturated/α-hetero) is 1. The van der Waals surface area contributed by atoms with Gasteiger partial charge in [-0.2, -0.15) is 0 Å². The maximum Gasteiger partial charge on any atom is 0.137 e. The first-order chi connectivity index (χ1) is 9.13. The van der Waals surface area contributed by atoms with Crippen LogP contribution in [0, 0.1) is 0 Å². The van der Waals surface area contributed by atoms with Crippen LogP contribution in [-0.4, -0.2) is 5.78 Å². The van der Waals surface area contributed by atoms with E-state index in [4.69, 9.17) is 23.2 Å². The summed E-state index contributed by atoms with van der Waals surface area (Å²) in [4.78, 5) is 11.9. The number of unbranched alkanes of at least 4 members (excludes halogenated alkanes) is 5. The standard InChI is InChI=1S/C16H22Cl2O/c1-2-3-4-5-6-7-8-15(19)12-13-11-14(17)9-10-16(13)18/h9-11H,2-8,12H2,1H3. The molecule has 19 heavy (non-hydrogen) atoms. The normalized spacial score (nSPS) is 10.7. The molecule has 0 saturated carbocycles. The summed E-state index contributed by atoms with van der Waals surface area (Å²) in [5.41, 5.74) is 0.838. The van der Waals surface area contributed by atoms with Gasteiger partial charge in [0.05, 0.1) is 0 Å². The van der Waals surface area contributed by atoms with E-state index in [1.54, 1.807) is 18.2 Å². The van der Waals surface area contributed by atoms with E-state index >= 15 is 0 Å². The van der Waals surface area contributed by atoms with Gasteiger partial charge in [0.1, 0.15) is 5.78 Å². The SMILES string of the molecule is CCCCCCCCC(=O)Cc1cc(Cl)ccc1Cl. The molecule has 0 aliphatic carbocycles. The van der Waals surface area contributed by atoms with Crippen LogP contribution in [0.25, 0.3) is 0 Å². The smallest absolute Gasteiger partial charge is 0.137 e. The number of rotatable bonds is 9. The number of carbonyl (C=O) groups excluding carboxylic acids is 1. The molecule has 0 amide bonds. The fraction of sp³-hybridized carbons (Fsp3) is 0.562. The van der Waals surface area contributed by atoms with Gasteiger partial charge in [0.25, 0.3) is 0 Å². The lowest BCUT2D eigenvalue weighted by molar-refractivity contribution is -0.118. The molecule has 0 heterocycles. The van der Waals surface area contributed by atoms with E-state index < -0.39 is 0 Å². The van der Waals surface area contributed by atoms with Crippen molar-refractivity contribution >= 4 is 29.0 Å². The minimum absolute atomic E-state index is 0.250. The molecular weight excluding hydrogens is 279 g/mol. The Bertz CT molecular complexity index is 402. The third-order valence-corrected chi connectivity index (χ3v) is 3.81. The zero-order valence-electron chi connectivity index (χ0n) is 11.6. The predicted octanol–water partition coefficient (Wildman–Crippen LogP) is 5.86. The Morgan fingerprint density at radius 2 is 1.74 bits per heavy atom. The van der Waals surface area contributed by atoms with Gasteiger partial charge in [-0.15, -0.1) is 0 Å². The molecule has 0 N–H and O–H groups in total. The van der Waals surface area contributed by atoms with Crippen LogP contribution >= 0.6 is 23.2 Å². The highest BCUT2D eigenvalue weighted by molar-refractivity contribution is 6.33. The van der Waals surface area contributed by atoms with Crippen molar-refractivity contribution in [3.63, 3.8) is 0 Å². The van der Waals surface area contributed by atoms with Crippen molar-refractivity contribution in [1.82, 2.24) is 0 Å². The Balaban J connectivity index is 2.25. The second-order valence-corrected chi connectivity index (χ2v) is 5.81. The maximum atomic E-state index is 11.9. The highest BCUT2D eigenvalue weighted by atomic mass is 35.5. The molecule has 0 spiro atoms. The summed E-state index contributed by atoms with van der Waals surface area (Å²) in [6.45, 7) is 2.21. The first kappa shape index (κ1) is 16.5. The minimum atomic E-state index is 0.250. The summed E-state index contributed by atoms with van der Waals surface area (Å²) in [6, 6.07) is 5.27. The van der Waals surface area contributed by atoms with Gasteiger partial charge in [-0.05, 0) is 30.2 Å². The molecule has 1 nitrogen and oxygen atoms in total. The van der Waals surface area contributed by atoms with Gasteiger partial charge in [0.15, 0.2) is 0 Å². The minimum Gasteiger partial charge on any atom is -0.299 e. The number of hydrogen-bond donors (Lipinski definition) is 0. The largest absolute Gasteiger partial charge is 0.299 e. The van der Waals surface area contributed by atoms with Crippen LogP contribution in [0.1, 0.15) is 57.4 Å². The predicted molar refractivity (Wildman–Crippen MR) is 83.2 cm³/mol. The fourth-order valence-electron chi connectivity index (χ4n) is 2.08. The molecule has 1 aromatic carbocycles. The summed E-state index contributed by atoms with van der Waals surface area (Å²) >= 11 is 12.0. The summed E-state index contributed by atoms with van der Waals surface area (Å²) in [5.74, 6) is 0.250. The van der Waals surface area contributed by atoms with E-state index in [1.165, 1.54) is 25.7 Å². The van der Waals surface area contributed by atoms with Gasteiger partial charge in [0, 0.05) is 22.9 Å². The maximum absolute atomic E-state index is 11.9. The molecule has 0 bridgehead atoms. The average Bonchev–Trinajstić information content (AvgIpc) is 2.38. The lowest BCUT2D eigenvalue weighted by Crippen LogP contribution is -2.03. The average molecular weight is 301 g/mol. The van der Waals surface area contributed by atoms with Crippen LogP contribution in [0.15, 0.2) is 18.2 Å². The Kier molecular flexibility index (Phi) is 8.16. The van der Waals surface area contributed by atoms with E-state index in [9.17, 15) is 4.79 Å². The van der Waals surface area contributed by atoms with Crippen LogP contribution < -0.4 is 0 Å². The fourth-order valence-corrected chi connectivity index (χ4v) is 2.46. The van der Waals surface area contributed by atoms with Crippen molar-refractivity contribution in [3.8, 4) is 0 Å². The first-order valence-corrected chi connectivity index (χ1v) is 7.84.